The molecule has 8 atom stereocenters. The normalized spacial score (nSPS) is 16.8. The summed E-state index contributed by atoms with van der Waals surface area (Å²) in [5.41, 5.74) is 15.7. The Bertz CT molecular complexity index is 4000. The first-order valence-corrected chi connectivity index (χ1v) is 43.1. The maximum Gasteiger partial charge on any atom is 0.277 e. The summed E-state index contributed by atoms with van der Waals surface area (Å²) in [4.78, 5) is 113. The molecule has 19 nitrogen and oxygen atoms in total. The molecule has 4 aromatic carbocycles. The van der Waals surface area contributed by atoms with Crippen molar-refractivity contribution in [3.8, 4) is 20.9 Å². The minimum Gasteiger partial charge on any atom is -0.391 e. The van der Waals surface area contributed by atoms with E-state index in [1.165, 1.54) is 47.6 Å². The molecule has 0 bridgehead atoms. The number of β-amino-alcohol motifs (C(OH)–C–C–N with tert-alkyl or cyclic N) is 2. The maximum absolute atomic E-state index is 14.7. The Morgan fingerprint density at radius 3 is 1.35 bits per heavy atom. The van der Waals surface area contributed by atoms with Crippen LogP contribution in [-0.2, 0) is 33.6 Å². The van der Waals surface area contributed by atoms with E-state index in [4.69, 9.17) is 10.6 Å². The van der Waals surface area contributed by atoms with Gasteiger partial charge in [0.05, 0.1) is 80.0 Å². The second kappa shape index (κ2) is 45.9. The molecule has 4 heterocycles. The van der Waals surface area contributed by atoms with Crippen LogP contribution in [-0.4, -0.2) is 122 Å². The van der Waals surface area contributed by atoms with Gasteiger partial charge in [-0.1, -0.05) is 193 Å². The first kappa shape index (κ1) is 92.2. The molecule has 8 N–H and O–H groups in total. The Morgan fingerprint density at radius 2 is 0.964 bits per heavy atom. The Kier molecular flexibility index (Phi) is 37.8. The van der Waals surface area contributed by atoms with Crippen molar-refractivity contribution >= 4 is 97.7 Å². The third kappa shape index (κ3) is 28.8. The van der Waals surface area contributed by atoms with Crippen LogP contribution < -0.4 is 27.2 Å². The zero-order valence-electron chi connectivity index (χ0n) is 67.3. The predicted octanol–water partition coefficient (Wildman–Crippen LogP) is 18.4. The quantitative estimate of drug-likeness (QED) is 0.0107. The van der Waals surface area contributed by atoms with E-state index in [-0.39, 0.29) is 104 Å². The molecule has 2 aliphatic rings. The van der Waals surface area contributed by atoms with Crippen molar-refractivity contribution in [2.75, 3.05) is 31.6 Å². The first-order valence-electron chi connectivity index (χ1n) is 40.3. The predicted molar refractivity (Wildman–Crippen MR) is 448 cm³/mol. The number of aliphatic hydroxyl groups excluding tert-OH is 2. The SMILES string of the molecule is Cc1ncsc1-c1ccc([C@H](C)NC(=O)[C@H]2C[C@H](O)CN2C(=O)[C@@H](CC(=O)CCCCCCCCCCCCCCONC(=O)c2ccc(F)c(F)c2Nc2ccc(I)cc2F)C(C)(C)C)cc1.Cc1ncsc1-c1ccc([C@H](C)NC(=O)[C@H]2C[C@H](O)CN2C(=O)[C@@H](CC(=O)CCCCCCCCCCN)C(C)(C)C)cc1. The van der Waals surface area contributed by atoms with Gasteiger partial charge in [-0.3, -0.25) is 38.4 Å². The number of thiazole rings is 2. The third-order valence-corrected chi connectivity index (χ3v) is 24.0. The Morgan fingerprint density at radius 1 is 0.562 bits per heavy atom. The number of rotatable bonds is 43. The van der Waals surface area contributed by atoms with Gasteiger partial charge in [0.1, 0.15) is 29.5 Å². The molecule has 0 radical (unpaired) electrons. The lowest BCUT2D eigenvalue weighted by molar-refractivity contribution is -0.146. The van der Waals surface area contributed by atoms with Crippen molar-refractivity contribution in [2.45, 2.75) is 273 Å². The number of nitrogens with one attached hydrogen (secondary N) is 4. The number of benzene rings is 4. The van der Waals surface area contributed by atoms with Crippen molar-refractivity contribution in [1.29, 1.82) is 0 Å². The summed E-state index contributed by atoms with van der Waals surface area (Å²) in [7, 11) is 0. The molecule has 0 saturated carbocycles. The number of unbranched alkanes of at least 4 members (excludes halogenated alkanes) is 18. The minimum absolute atomic E-state index is 0.0435. The van der Waals surface area contributed by atoms with E-state index in [1.54, 1.807) is 28.7 Å². The van der Waals surface area contributed by atoms with E-state index in [9.17, 15) is 56.9 Å². The van der Waals surface area contributed by atoms with Crippen molar-refractivity contribution < 1.29 is 61.8 Å². The number of carbonyl (C=O) groups is 7. The fourth-order valence-electron chi connectivity index (χ4n) is 14.5. The van der Waals surface area contributed by atoms with Gasteiger partial charge in [-0.2, -0.15) is 0 Å². The van der Waals surface area contributed by atoms with Gasteiger partial charge in [-0.25, -0.2) is 28.6 Å². The molecule has 0 spiro atoms. The standard InChI is InChI=1S/C52H67F3IN5O6S.C35H54N4O4S/c1-33(35-19-21-36(22-20-35)48-34(2)57-32-68-48)58-50(65)45-30-39(63)31-61(45)51(66)41(52(3,4)5)29-38(62)18-16-14-12-10-8-6-7-9-11-13-15-17-27-67-60-49(64)40-24-25-42(53)46(55)47(40)59-44-26-23-37(56)28-43(44)54;1-24(26-15-17-27(18-16-26)32-25(2)37-23-44-32)38-33(42)31-21-29(41)22-39(31)34(43)30(35(3,4)5)20-28(40)14-12-10-8-6-7-9-11-13-19-36/h19-26,28,32-33,39,41,45,59,63H,6-18,27,29-31H2,1-5H3,(H,58,65)(H,60,64);15-18,23-24,29-31,41H,6-14,19-22,36H2,1-5H3,(H,38,42)/t33-,39-,41+,45+;24-,29-,30+,31+/m00/s1. The molecule has 25 heteroatoms. The number of aromatic nitrogens is 2. The highest BCUT2D eigenvalue weighted by Crippen LogP contribution is 2.38. The summed E-state index contributed by atoms with van der Waals surface area (Å²) in [5.74, 6) is -6.06. The highest BCUT2D eigenvalue weighted by molar-refractivity contribution is 14.1. The zero-order chi connectivity index (χ0) is 81.7. The highest BCUT2D eigenvalue weighted by Gasteiger charge is 2.46. The number of hydrogen-bond acceptors (Lipinski definition) is 16. The molecule has 112 heavy (non-hydrogen) atoms. The number of carbonyl (C=O) groups excluding carboxylic acids is 7. The van der Waals surface area contributed by atoms with Gasteiger partial charge in [-0.05, 0) is 146 Å². The maximum atomic E-state index is 14.7. The van der Waals surface area contributed by atoms with E-state index in [2.05, 4.69) is 31.4 Å². The minimum atomic E-state index is -1.30. The number of halogens is 4. The number of anilines is 2. The number of aryl methyl sites for hydroxylation is 2. The largest absolute Gasteiger partial charge is 0.391 e. The summed E-state index contributed by atoms with van der Waals surface area (Å²) in [6.07, 6.45) is 20.8. The fourth-order valence-corrected chi connectivity index (χ4v) is 16.6. The lowest BCUT2D eigenvalue weighted by Crippen LogP contribution is -2.50. The van der Waals surface area contributed by atoms with Gasteiger partial charge in [0.2, 0.25) is 23.6 Å². The van der Waals surface area contributed by atoms with Gasteiger partial charge in [0.25, 0.3) is 5.91 Å². The molecule has 5 amide bonds. The lowest BCUT2D eigenvalue weighted by atomic mass is 9.76. The average molecular weight is 1700 g/mol. The van der Waals surface area contributed by atoms with Crippen LogP contribution in [0, 0.1) is 57.5 Å². The zero-order valence-corrected chi connectivity index (χ0v) is 71.1. The summed E-state index contributed by atoms with van der Waals surface area (Å²) in [6.45, 7) is 20.7. The molecular formula is C87H121F3IN9O10S2. The van der Waals surface area contributed by atoms with E-state index < -0.39 is 76.0 Å². The van der Waals surface area contributed by atoms with Crippen molar-refractivity contribution in [3.05, 3.63) is 139 Å². The van der Waals surface area contributed by atoms with E-state index in [0.717, 1.165) is 158 Å². The van der Waals surface area contributed by atoms with Crippen LogP contribution in [0.15, 0.2) is 89.9 Å². The van der Waals surface area contributed by atoms with E-state index in [0.29, 0.717) is 22.8 Å². The summed E-state index contributed by atoms with van der Waals surface area (Å²) in [6, 6.07) is 20.0. The van der Waals surface area contributed by atoms with Gasteiger partial charge in [0, 0.05) is 67.0 Å². The fraction of sp³-hybridized carbons (Fsp3) is 0.575. The molecule has 6 aromatic rings. The Labute approximate surface area is 683 Å². The lowest BCUT2D eigenvalue weighted by Gasteiger charge is -2.35. The Hall–Kier alpha value is -7.01. The second-order valence-electron chi connectivity index (χ2n) is 32.5. The van der Waals surface area contributed by atoms with Gasteiger partial charge >= 0.3 is 0 Å². The number of likely N-dealkylation sites (tertiary alicyclic amines) is 2. The molecule has 8 rings (SSSR count). The van der Waals surface area contributed by atoms with E-state index in [1.807, 2.05) is 151 Å². The van der Waals surface area contributed by atoms with Crippen LogP contribution in [0.3, 0.4) is 0 Å². The third-order valence-electron chi connectivity index (χ3n) is 21.4. The highest BCUT2D eigenvalue weighted by atomic mass is 127. The molecule has 0 unspecified atom stereocenters. The van der Waals surface area contributed by atoms with Crippen LogP contribution in [0.25, 0.3) is 20.9 Å². The van der Waals surface area contributed by atoms with Gasteiger partial charge in [-0.15, -0.1) is 22.7 Å². The van der Waals surface area contributed by atoms with E-state index >= 15 is 0 Å². The van der Waals surface area contributed by atoms with Crippen LogP contribution in [0.1, 0.15) is 267 Å². The summed E-state index contributed by atoms with van der Waals surface area (Å²) < 4.78 is 43.7. The van der Waals surface area contributed by atoms with Crippen LogP contribution in [0.4, 0.5) is 24.5 Å². The molecule has 614 valence electrons. The number of nitrogens with zero attached hydrogens (tertiary/aromatic N) is 4. The number of Topliss-reactive ketones (excluding diaryl/α,β-unsaturated/α-hetero) is 2. The molecule has 2 aliphatic heterocycles. The molecule has 2 saturated heterocycles. The van der Waals surface area contributed by atoms with Crippen LogP contribution in [0.2, 0.25) is 0 Å². The number of aliphatic hydroxyl groups is 2. The molecular weight excluding hydrogens is 1580 g/mol. The second-order valence-corrected chi connectivity index (χ2v) is 35.5. The topological polar surface area (TPSA) is 276 Å². The average Bonchev–Trinajstić information content (AvgIpc) is 1.33. The van der Waals surface area contributed by atoms with Crippen molar-refractivity contribution in [3.63, 3.8) is 0 Å². The number of nitrogens with two attached hydrogens (primary N) is 1. The molecule has 0 aliphatic carbocycles. The van der Waals surface area contributed by atoms with Gasteiger partial charge < -0.3 is 41.7 Å². The smallest absolute Gasteiger partial charge is 0.277 e. The monoisotopic (exact) mass is 1700 g/mol. The van der Waals surface area contributed by atoms with Crippen LogP contribution in [0.5, 0.6) is 0 Å². The van der Waals surface area contributed by atoms with Crippen molar-refractivity contribution in [1.82, 2.24) is 35.9 Å². The summed E-state index contributed by atoms with van der Waals surface area (Å²) in [5, 5.41) is 29.8. The number of ketones is 2. The van der Waals surface area contributed by atoms with Crippen LogP contribution >= 0.6 is 45.3 Å². The number of hydrogen-bond donors (Lipinski definition) is 7. The van der Waals surface area contributed by atoms with Crippen molar-refractivity contribution in [2.24, 2.45) is 28.4 Å². The molecule has 2 fully saturated rings. The molecule has 2 aromatic heterocycles. The Balaban J connectivity index is 0.000000341. The van der Waals surface area contributed by atoms with Gasteiger partial charge in [0.15, 0.2) is 11.6 Å². The number of amides is 5. The summed E-state index contributed by atoms with van der Waals surface area (Å²) >= 11 is 5.11. The number of hydroxylamine groups is 1. The first-order chi connectivity index (χ1) is 53.4.